The van der Waals surface area contributed by atoms with Gasteiger partial charge in [-0.1, -0.05) is 48.0 Å². The molecular weight excluding hydrogens is 309 g/mol. The minimum absolute atomic E-state index is 0.0486. The SMILES string of the molecule is Cc1ccc(S(=O)(=O)OCC(CCC#[13CH])c2ccccc2)cc1. The molecule has 0 N–H and O–H groups in total. The van der Waals surface area contributed by atoms with E-state index in [2.05, 4.69) is 5.92 Å². The Morgan fingerprint density at radius 3 is 2.35 bits per heavy atom. The maximum absolute atomic E-state index is 12.3. The molecule has 1 unspecified atom stereocenters. The van der Waals surface area contributed by atoms with Crippen molar-refractivity contribution in [3.63, 3.8) is 0 Å². The topological polar surface area (TPSA) is 43.4 Å². The maximum atomic E-state index is 12.3. The molecule has 0 saturated heterocycles. The first-order valence-electron chi connectivity index (χ1n) is 7.47. The van der Waals surface area contributed by atoms with Crippen molar-refractivity contribution in [2.24, 2.45) is 0 Å². The van der Waals surface area contributed by atoms with E-state index < -0.39 is 10.1 Å². The third kappa shape index (κ3) is 4.95. The van der Waals surface area contributed by atoms with Gasteiger partial charge in [0.1, 0.15) is 0 Å². The molecule has 0 bridgehead atoms. The lowest BCUT2D eigenvalue weighted by atomic mass is 9.95. The fourth-order valence-corrected chi connectivity index (χ4v) is 3.22. The quantitative estimate of drug-likeness (QED) is 0.440. The molecule has 0 aliphatic carbocycles. The number of hydrogen-bond acceptors (Lipinski definition) is 3. The van der Waals surface area contributed by atoms with Gasteiger partial charge in [0.15, 0.2) is 0 Å². The monoisotopic (exact) mass is 329 g/mol. The Labute approximate surface area is 138 Å². The van der Waals surface area contributed by atoms with E-state index in [-0.39, 0.29) is 17.4 Å². The van der Waals surface area contributed by atoms with Crippen LogP contribution in [-0.4, -0.2) is 15.0 Å². The van der Waals surface area contributed by atoms with Crippen LogP contribution < -0.4 is 0 Å². The summed E-state index contributed by atoms with van der Waals surface area (Å²) in [5, 5.41) is 0. The molecule has 120 valence electrons. The Balaban J connectivity index is 2.11. The zero-order valence-corrected chi connectivity index (χ0v) is 13.9. The summed E-state index contributed by atoms with van der Waals surface area (Å²) in [5.41, 5.74) is 2.03. The van der Waals surface area contributed by atoms with Crippen LogP contribution in [0.3, 0.4) is 0 Å². The molecule has 0 radical (unpaired) electrons. The molecule has 1 atom stereocenters. The minimum atomic E-state index is -3.76. The Morgan fingerprint density at radius 2 is 1.74 bits per heavy atom. The van der Waals surface area contributed by atoms with Crippen molar-refractivity contribution in [3.8, 4) is 12.3 Å². The van der Waals surface area contributed by atoms with Crippen molar-refractivity contribution in [3.05, 3.63) is 65.7 Å². The molecule has 2 aromatic rings. The molecule has 0 heterocycles. The van der Waals surface area contributed by atoms with Gasteiger partial charge >= 0.3 is 0 Å². The Bertz CT molecular complexity index is 757. The van der Waals surface area contributed by atoms with Gasteiger partial charge in [0, 0.05) is 12.3 Å². The van der Waals surface area contributed by atoms with E-state index in [0.29, 0.717) is 12.8 Å². The van der Waals surface area contributed by atoms with Gasteiger partial charge in [-0.2, -0.15) is 8.42 Å². The van der Waals surface area contributed by atoms with Crippen LogP contribution in [0.2, 0.25) is 0 Å². The Hall–Kier alpha value is -2.09. The third-order valence-electron chi connectivity index (χ3n) is 3.64. The van der Waals surface area contributed by atoms with Gasteiger partial charge in [0.25, 0.3) is 10.1 Å². The highest BCUT2D eigenvalue weighted by atomic mass is 32.2. The molecule has 0 aliphatic rings. The smallest absolute Gasteiger partial charge is 0.266 e. The highest BCUT2D eigenvalue weighted by Crippen LogP contribution is 2.23. The van der Waals surface area contributed by atoms with Crippen molar-refractivity contribution < 1.29 is 12.6 Å². The number of rotatable bonds is 7. The first-order chi connectivity index (χ1) is 11.0. The highest BCUT2D eigenvalue weighted by molar-refractivity contribution is 7.86. The van der Waals surface area contributed by atoms with E-state index in [0.717, 1.165) is 11.1 Å². The second-order valence-electron chi connectivity index (χ2n) is 5.40. The van der Waals surface area contributed by atoms with Gasteiger partial charge in [-0.3, -0.25) is 4.18 Å². The molecular formula is C19H20O3S. The van der Waals surface area contributed by atoms with Crippen LogP contribution in [0.15, 0.2) is 59.5 Å². The van der Waals surface area contributed by atoms with Crippen molar-refractivity contribution >= 4 is 10.1 Å². The van der Waals surface area contributed by atoms with Crippen LogP contribution >= 0.6 is 0 Å². The van der Waals surface area contributed by atoms with Gasteiger partial charge in [-0.15, -0.1) is 12.3 Å². The number of aryl methyl sites for hydroxylation is 1. The van der Waals surface area contributed by atoms with Gasteiger partial charge in [-0.25, -0.2) is 0 Å². The zero-order valence-electron chi connectivity index (χ0n) is 13.1. The fourth-order valence-electron chi connectivity index (χ4n) is 2.27. The molecule has 3 nitrogen and oxygen atoms in total. The van der Waals surface area contributed by atoms with Gasteiger partial charge in [0.2, 0.25) is 0 Å². The Kier molecular flexibility index (Phi) is 5.97. The molecule has 0 aliphatic heterocycles. The van der Waals surface area contributed by atoms with Crippen LogP contribution in [0.25, 0.3) is 0 Å². The van der Waals surface area contributed by atoms with Gasteiger partial charge < -0.3 is 0 Å². The van der Waals surface area contributed by atoms with Crippen LogP contribution in [0.4, 0.5) is 0 Å². The largest absolute Gasteiger partial charge is 0.296 e. The van der Waals surface area contributed by atoms with E-state index in [4.69, 9.17) is 10.6 Å². The van der Waals surface area contributed by atoms with Crippen LogP contribution in [0, 0.1) is 19.3 Å². The summed E-state index contributed by atoms with van der Waals surface area (Å²) in [6.45, 7) is 1.99. The first-order valence-corrected chi connectivity index (χ1v) is 8.88. The summed E-state index contributed by atoms with van der Waals surface area (Å²) in [4.78, 5) is 0.173. The average molecular weight is 329 g/mol. The lowest BCUT2D eigenvalue weighted by molar-refractivity contribution is 0.286. The molecule has 2 aromatic carbocycles. The summed E-state index contributed by atoms with van der Waals surface area (Å²) >= 11 is 0. The third-order valence-corrected chi connectivity index (χ3v) is 4.94. The molecule has 0 spiro atoms. The molecule has 0 saturated carbocycles. The Morgan fingerprint density at radius 1 is 1.09 bits per heavy atom. The lowest BCUT2D eigenvalue weighted by Gasteiger charge is -2.16. The van der Waals surface area contributed by atoms with Crippen LogP contribution in [0.5, 0.6) is 0 Å². The predicted octanol–water partition coefficient (Wildman–Crippen LogP) is 3.90. The van der Waals surface area contributed by atoms with Crippen LogP contribution in [0.1, 0.15) is 29.9 Å². The standard InChI is InChI=1S/C19H20O3S/c1-3-4-8-18(17-9-6-5-7-10-17)15-22-23(20,21)19-13-11-16(2)12-14-19/h1,5-7,9-14,18H,4,8,15H2,2H3/i1+1. The lowest BCUT2D eigenvalue weighted by Crippen LogP contribution is -2.14. The molecule has 0 aromatic heterocycles. The van der Waals surface area contributed by atoms with Crippen LogP contribution in [-0.2, 0) is 14.3 Å². The second kappa shape index (κ2) is 7.96. The first kappa shape index (κ1) is 17.3. The summed E-state index contributed by atoms with van der Waals surface area (Å²) in [7, 11) is -3.76. The maximum Gasteiger partial charge on any atom is 0.296 e. The number of terminal acetylenes is 1. The van der Waals surface area contributed by atoms with E-state index in [1.807, 2.05) is 37.3 Å². The second-order valence-corrected chi connectivity index (χ2v) is 7.02. The number of benzene rings is 2. The fraction of sp³-hybridized carbons (Fsp3) is 0.263. The molecule has 0 fully saturated rings. The minimum Gasteiger partial charge on any atom is -0.266 e. The summed E-state index contributed by atoms with van der Waals surface area (Å²) in [5.74, 6) is 2.55. The van der Waals surface area contributed by atoms with Crippen molar-refractivity contribution in [2.75, 3.05) is 6.61 Å². The van der Waals surface area contributed by atoms with Gasteiger partial charge in [0.05, 0.1) is 11.5 Å². The van der Waals surface area contributed by atoms with Crippen molar-refractivity contribution in [1.29, 1.82) is 0 Å². The summed E-state index contributed by atoms with van der Waals surface area (Å²) in [6.07, 6.45) is 6.59. The van der Waals surface area contributed by atoms with Gasteiger partial charge in [-0.05, 0) is 31.0 Å². The number of hydrogen-bond donors (Lipinski definition) is 0. The van der Waals surface area contributed by atoms with E-state index in [1.54, 1.807) is 24.3 Å². The molecule has 23 heavy (non-hydrogen) atoms. The molecule has 0 amide bonds. The average Bonchev–Trinajstić information content (AvgIpc) is 2.56. The zero-order chi connectivity index (χ0) is 16.7. The summed E-state index contributed by atoms with van der Waals surface area (Å²) in [6, 6.07) is 16.3. The van der Waals surface area contributed by atoms with Crippen molar-refractivity contribution in [1.82, 2.24) is 0 Å². The molecule has 4 heteroatoms. The molecule has 2 rings (SSSR count). The summed E-state index contributed by atoms with van der Waals surface area (Å²) < 4.78 is 29.9. The highest BCUT2D eigenvalue weighted by Gasteiger charge is 2.19. The van der Waals surface area contributed by atoms with Crippen molar-refractivity contribution in [2.45, 2.75) is 30.6 Å². The van der Waals surface area contributed by atoms with E-state index >= 15 is 0 Å². The predicted molar refractivity (Wildman–Crippen MR) is 91.6 cm³/mol. The van der Waals surface area contributed by atoms with E-state index in [1.165, 1.54) is 0 Å². The normalized spacial score (nSPS) is 12.5. The van der Waals surface area contributed by atoms with E-state index in [9.17, 15) is 8.42 Å².